The second-order valence-corrected chi connectivity index (χ2v) is 4.41. The lowest BCUT2D eigenvalue weighted by atomic mass is 10.1. The molecule has 2 atom stereocenters. The van der Waals surface area contributed by atoms with Gasteiger partial charge < -0.3 is 11.5 Å². The van der Waals surface area contributed by atoms with Gasteiger partial charge in [0.15, 0.2) is 0 Å². The lowest BCUT2D eigenvalue weighted by Crippen LogP contribution is -2.62. The van der Waals surface area contributed by atoms with Gasteiger partial charge in [-0.3, -0.25) is 19.4 Å². The van der Waals surface area contributed by atoms with Crippen LogP contribution in [0.5, 0.6) is 0 Å². The highest BCUT2D eigenvalue weighted by atomic mass is 16.2. The molecular formula is C10H16N4O3. The van der Waals surface area contributed by atoms with E-state index in [9.17, 15) is 14.4 Å². The first-order valence-electron chi connectivity index (χ1n) is 5.70. The van der Waals surface area contributed by atoms with Gasteiger partial charge in [0.1, 0.15) is 6.04 Å². The molecule has 7 heteroatoms. The predicted octanol–water partition coefficient (Wildman–Crippen LogP) is -1.67. The minimum absolute atomic E-state index is 0.169. The first-order chi connectivity index (χ1) is 8.02. The number of nitrogens with zero attached hydrogens (tertiary/aromatic N) is 2. The van der Waals surface area contributed by atoms with Gasteiger partial charge in [0, 0.05) is 13.0 Å². The van der Waals surface area contributed by atoms with Crippen molar-refractivity contribution < 1.29 is 14.4 Å². The molecule has 17 heavy (non-hydrogen) atoms. The molecule has 0 aromatic carbocycles. The molecule has 2 fully saturated rings. The maximum atomic E-state index is 12.0. The number of hydrogen-bond acceptors (Lipinski definition) is 4. The first-order valence-corrected chi connectivity index (χ1v) is 5.70. The fraction of sp³-hybridized carbons (Fsp3) is 0.700. The van der Waals surface area contributed by atoms with Crippen molar-refractivity contribution in [2.24, 2.45) is 11.5 Å². The number of carbonyl (C=O) groups is 3. The number of primary amides is 1. The number of fused-ring (bicyclic) bond motifs is 1. The Balaban J connectivity index is 2.34. The average molecular weight is 240 g/mol. The third-order valence-electron chi connectivity index (χ3n) is 3.23. The molecule has 2 aliphatic rings. The number of rotatable bonds is 1. The van der Waals surface area contributed by atoms with Crippen LogP contribution in [0.1, 0.15) is 25.7 Å². The topological polar surface area (TPSA) is 110 Å². The van der Waals surface area contributed by atoms with E-state index < -0.39 is 18.0 Å². The molecule has 3 amide bonds. The van der Waals surface area contributed by atoms with Crippen LogP contribution >= 0.6 is 0 Å². The summed E-state index contributed by atoms with van der Waals surface area (Å²) in [6.07, 6.45) is 1.70. The van der Waals surface area contributed by atoms with Crippen molar-refractivity contribution in [2.45, 2.75) is 37.8 Å². The van der Waals surface area contributed by atoms with Crippen LogP contribution in [0, 0.1) is 0 Å². The van der Waals surface area contributed by atoms with Crippen LogP contribution in [0.25, 0.3) is 0 Å². The van der Waals surface area contributed by atoms with E-state index in [4.69, 9.17) is 11.5 Å². The fourth-order valence-corrected chi connectivity index (χ4v) is 2.31. The Labute approximate surface area is 98.7 Å². The van der Waals surface area contributed by atoms with Crippen LogP contribution in [-0.2, 0) is 14.4 Å². The Morgan fingerprint density at radius 1 is 1.29 bits per heavy atom. The molecule has 0 aliphatic carbocycles. The fourth-order valence-electron chi connectivity index (χ4n) is 2.31. The summed E-state index contributed by atoms with van der Waals surface area (Å²) in [5.41, 5.74) is 11.0. The number of amides is 3. The predicted molar refractivity (Wildman–Crippen MR) is 58.0 cm³/mol. The minimum atomic E-state index is -0.746. The Bertz CT molecular complexity index is 371. The van der Waals surface area contributed by atoms with Crippen LogP contribution < -0.4 is 11.5 Å². The smallest absolute Gasteiger partial charge is 0.258 e. The maximum absolute atomic E-state index is 12.0. The third kappa shape index (κ3) is 1.97. The van der Waals surface area contributed by atoms with Gasteiger partial charge in [-0.15, -0.1) is 0 Å². The second kappa shape index (κ2) is 4.33. The van der Waals surface area contributed by atoms with E-state index in [1.807, 2.05) is 0 Å². The molecule has 2 aliphatic heterocycles. The molecule has 2 unspecified atom stereocenters. The zero-order chi connectivity index (χ0) is 12.6. The Hall–Kier alpha value is -1.63. The zero-order valence-electron chi connectivity index (χ0n) is 9.46. The van der Waals surface area contributed by atoms with E-state index in [-0.39, 0.29) is 18.2 Å². The van der Waals surface area contributed by atoms with E-state index in [0.29, 0.717) is 25.8 Å². The van der Waals surface area contributed by atoms with Crippen molar-refractivity contribution in [1.82, 2.24) is 10.0 Å². The molecule has 0 spiro atoms. The summed E-state index contributed by atoms with van der Waals surface area (Å²) >= 11 is 0. The number of hydrazine groups is 1. The zero-order valence-corrected chi connectivity index (χ0v) is 9.46. The molecule has 0 aromatic rings. The molecule has 7 nitrogen and oxygen atoms in total. The van der Waals surface area contributed by atoms with Crippen molar-refractivity contribution in [3.8, 4) is 0 Å². The SMILES string of the molecule is NC(=O)C1CCCN2C(=O)CCC(N)C(=O)N12. The van der Waals surface area contributed by atoms with Gasteiger partial charge >= 0.3 is 0 Å². The summed E-state index contributed by atoms with van der Waals surface area (Å²) in [5.74, 6) is -1.15. The van der Waals surface area contributed by atoms with Crippen LogP contribution in [0.4, 0.5) is 0 Å². The Kier molecular flexibility index (Phi) is 3.01. The summed E-state index contributed by atoms with van der Waals surface area (Å²) in [5, 5.41) is 2.50. The summed E-state index contributed by atoms with van der Waals surface area (Å²) < 4.78 is 0. The van der Waals surface area contributed by atoms with Gasteiger partial charge in [0.05, 0.1) is 6.04 Å². The lowest BCUT2D eigenvalue weighted by Gasteiger charge is -2.42. The second-order valence-electron chi connectivity index (χ2n) is 4.41. The van der Waals surface area contributed by atoms with Gasteiger partial charge in [0.2, 0.25) is 11.8 Å². The number of hydrogen-bond donors (Lipinski definition) is 2. The highest BCUT2D eigenvalue weighted by Gasteiger charge is 2.42. The third-order valence-corrected chi connectivity index (χ3v) is 3.23. The summed E-state index contributed by atoms with van der Waals surface area (Å²) in [6, 6.07) is -1.48. The van der Waals surface area contributed by atoms with E-state index in [1.165, 1.54) is 10.0 Å². The van der Waals surface area contributed by atoms with E-state index in [2.05, 4.69) is 0 Å². The number of nitrogens with two attached hydrogens (primary N) is 2. The molecule has 0 saturated carbocycles. The normalized spacial score (nSPS) is 29.9. The average Bonchev–Trinajstić information content (AvgIpc) is 2.42. The highest BCUT2D eigenvalue weighted by molar-refractivity contribution is 5.92. The molecule has 4 N–H and O–H groups in total. The molecular weight excluding hydrogens is 224 g/mol. The van der Waals surface area contributed by atoms with Crippen LogP contribution in [0.3, 0.4) is 0 Å². The van der Waals surface area contributed by atoms with Crippen molar-refractivity contribution in [2.75, 3.05) is 6.54 Å². The van der Waals surface area contributed by atoms with Gasteiger partial charge in [-0.2, -0.15) is 0 Å². The summed E-state index contributed by atoms with van der Waals surface area (Å²) in [6.45, 7) is 0.446. The van der Waals surface area contributed by atoms with Gasteiger partial charge in [-0.05, 0) is 19.3 Å². The minimum Gasteiger partial charge on any atom is -0.368 e. The molecule has 0 bridgehead atoms. The largest absolute Gasteiger partial charge is 0.368 e. The maximum Gasteiger partial charge on any atom is 0.258 e. The van der Waals surface area contributed by atoms with E-state index >= 15 is 0 Å². The first kappa shape index (κ1) is 11.8. The molecule has 0 aromatic heterocycles. The Morgan fingerprint density at radius 2 is 2.00 bits per heavy atom. The molecule has 2 saturated heterocycles. The van der Waals surface area contributed by atoms with E-state index in [0.717, 1.165) is 0 Å². The van der Waals surface area contributed by atoms with Crippen LogP contribution in [0.15, 0.2) is 0 Å². The molecule has 0 radical (unpaired) electrons. The summed E-state index contributed by atoms with van der Waals surface area (Å²) in [7, 11) is 0. The van der Waals surface area contributed by atoms with Crippen molar-refractivity contribution >= 4 is 17.7 Å². The highest BCUT2D eigenvalue weighted by Crippen LogP contribution is 2.23. The quantitative estimate of drug-likeness (QED) is 0.570. The molecule has 2 heterocycles. The van der Waals surface area contributed by atoms with Crippen molar-refractivity contribution in [1.29, 1.82) is 0 Å². The van der Waals surface area contributed by atoms with Crippen LogP contribution in [-0.4, -0.2) is 46.4 Å². The lowest BCUT2D eigenvalue weighted by molar-refractivity contribution is -0.175. The standard InChI is InChI=1S/C10H16N4O3/c11-6-3-4-8(15)13-5-1-2-7(9(12)16)14(13)10(6)17/h6-7H,1-5,11H2,(H2,12,16). The van der Waals surface area contributed by atoms with Crippen molar-refractivity contribution in [3.63, 3.8) is 0 Å². The molecule has 94 valence electrons. The molecule has 2 rings (SSSR count). The number of carbonyl (C=O) groups excluding carboxylic acids is 3. The van der Waals surface area contributed by atoms with E-state index in [1.54, 1.807) is 0 Å². The van der Waals surface area contributed by atoms with Gasteiger partial charge in [-0.1, -0.05) is 0 Å². The van der Waals surface area contributed by atoms with Crippen molar-refractivity contribution in [3.05, 3.63) is 0 Å². The summed E-state index contributed by atoms with van der Waals surface area (Å²) in [4.78, 5) is 35.2. The Morgan fingerprint density at radius 3 is 2.65 bits per heavy atom. The monoisotopic (exact) mass is 240 g/mol. The van der Waals surface area contributed by atoms with Crippen LogP contribution in [0.2, 0.25) is 0 Å². The van der Waals surface area contributed by atoms with Gasteiger partial charge in [0.25, 0.3) is 5.91 Å². The van der Waals surface area contributed by atoms with Gasteiger partial charge in [-0.25, -0.2) is 5.01 Å².